The molecule has 0 saturated heterocycles. The van der Waals surface area contributed by atoms with E-state index >= 15 is 0 Å². The van der Waals surface area contributed by atoms with Gasteiger partial charge < -0.3 is 10.2 Å². The molecule has 1 aromatic carbocycles. The number of carbonyl (C=O) groups is 3. The summed E-state index contributed by atoms with van der Waals surface area (Å²) in [6, 6.07) is 8.19. The van der Waals surface area contributed by atoms with Crippen LogP contribution in [0.2, 0.25) is 10.0 Å². The highest BCUT2D eigenvalue weighted by atomic mass is 35.5. The van der Waals surface area contributed by atoms with Crippen molar-refractivity contribution in [1.82, 2.24) is 15.2 Å². The molecule has 0 bridgehead atoms. The molecular weight excluding hydrogens is 535 g/mol. The minimum atomic E-state index is -0.688. The Morgan fingerprint density at radius 2 is 1.77 bits per heavy atom. The zero-order chi connectivity index (χ0) is 28.5. The van der Waals surface area contributed by atoms with Crippen LogP contribution in [0.5, 0.6) is 0 Å². The lowest BCUT2D eigenvalue weighted by Crippen LogP contribution is -2.51. The average molecular weight is 572 g/mol. The molecule has 39 heavy (non-hydrogen) atoms. The maximum absolute atomic E-state index is 14.0. The number of carbonyl (C=O) groups excluding carboxylic acids is 3. The molecule has 1 aliphatic carbocycles. The number of halogens is 2. The van der Waals surface area contributed by atoms with Crippen molar-refractivity contribution in [1.29, 1.82) is 0 Å². The second kappa shape index (κ2) is 11.4. The molecule has 1 fully saturated rings. The first-order valence-corrected chi connectivity index (χ1v) is 14.2. The van der Waals surface area contributed by atoms with E-state index in [0.717, 1.165) is 25.7 Å². The highest BCUT2D eigenvalue weighted by Crippen LogP contribution is 2.49. The number of hydrogen-bond donors (Lipinski definition) is 1. The molecular formula is C30H36Cl2N4O3. The summed E-state index contributed by atoms with van der Waals surface area (Å²) in [7, 11) is 0. The molecule has 2 amide bonds. The van der Waals surface area contributed by atoms with E-state index in [1.54, 1.807) is 30.3 Å². The fourth-order valence-corrected chi connectivity index (χ4v) is 6.23. The molecule has 2 aliphatic rings. The zero-order valence-electron chi connectivity index (χ0n) is 23.2. The number of rotatable bonds is 7. The lowest BCUT2D eigenvalue weighted by molar-refractivity contribution is -0.133. The van der Waals surface area contributed by atoms with Crippen LogP contribution < -0.4 is 5.32 Å². The summed E-state index contributed by atoms with van der Waals surface area (Å²) < 4.78 is 0. The number of nitrogens with one attached hydrogen (secondary N) is 1. The monoisotopic (exact) mass is 570 g/mol. The summed E-state index contributed by atoms with van der Waals surface area (Å²) >= 11 is 12.6. The Bertz CT molecular complexity index is 1270. The fourth-order valence-electron chi connectivity index (χ4n) is 5.70. The second-order valence-electron chi connectivity index (χ2n) is 11.8. The predicted octanol–water partition coefficient (Wildman–Crippen LogP) is 6.42. The molecule has 0 radical (unpaired) electrons. The van der Waals surface area contributed by atoms with E-state index < -0.39 is 5.66 Å². The first-order valence-electron chi connectivity index (χ1n) is 13.4. The van der Waals surface area contributed by atoms with Crippen LogP contribution in [0.4, 0.5) is 0 Å². The van der Waals surface area contributed by atoms with Crippen molar-refractivity contribution < 1.29 is 14.4 Å². The predicted molar refractivity (Wildman–Crippen MR) is 154 cm³/mol. The Balaban J connectivity index is 1.63. The van der Waals surface area contributed by atoms with E-state index in [1.165, 1.54) is 13.1 Å². The maximum atomic E-state index is 14.0. The van der Waals surface area contributed by atoms with E-state index in [1.807, 2.05) is 11.8 Å². The van der Waals surface area contributed by atoms with Crippen LogP contribution in [-0.2, 0) is 9.59 Å². The Labute approximate surface area is 240 Å². The fraction of sp³-hybridized carbons (Fsp3) is 0.500. The second-order valence-corrected chi connectivity index (χ2v) is 12.6. The molecule has 7 nitrogen and oxygen atoms in total. The van der Waals surface area contributed by atoms with Crippen LogP contribution in [0, 0.1) is 11.3 Å². The number of aliphatic imine (C=N–C) groups is 1. The quantitative estimate of drug-likeness (QED) is 0.415. The van der Waals surface area contributed by atoms with Crippen molar-refractivity contribution >= 4 is 46.5 Å². The van der Waals surface area contributed by atoms with E-state index in [9.17, 15) is 14.4 Å². The molecule has 1 N–H and O–H groups in total. The zero-order valence-corrected chi connectivity index (χ0v) is 24.7. The van der Waals surface area contributed by atoms with Crippen LogP contribution in [-0.4, -0.2) is 45.4 Å². The van der Waals surface area contributed by atoms with Crippen LogP contribution >= 0.6 is 23.2 Å². The maximum Gasteiger partial charge on any atom is 0.275 e. The molecule has 1 aliphatic heterocycles. The van der Waals surface area contributed by atoms with Gasteiger partial charge in [-0.15, -0.1) is 0 Å². The first-order chi connectivity index (χ1) is 18.3. The van der Waals surface area contributed by atoms with Gasteiger partial charge in [-0.05, 0) is 81.2 Å². The summed E-state index contributed by atoms with van der Waals surface area (Å²) in [5.74, 6) is 0.0812. The lowest BCUT2D eigenvalue weighted by Gasteiger charge is -2.46. The van der Waals surface area contributed by atoms with Gasteiger partial charge in [-0.3, -0.25) is 24.4 Å². The van der Waals surface area contributed by atoms with Crippen molar-refractivity contribution in [3.63, 3.8) is 0 Å². The van der Waals surface area contributed by atoms with Crippen molar-refractivity contribution in [3.05, 3.63) is 63.4 Å². The lowest BCUT2D eigenvalue weighted by atomic mass is 9.69. The number of benzene rings is 1. The highest BCUT2D eigenvalue weighted by Gasteiger charge is 2.52. The molecule has 1 atom stereocenters. The number of nitrogens with zero attached hydrogens (tertiary/aromatic N) is 3. The molecule has 2 aromatic rings. The molecule has 2 heterocycles. The summed E-state index contributed by atoms with van der Waals surface area (Å²) in [6.45, 7) is 10.5. The van der Waals surface area contributed by atoms with Crippen molar-refractivity contribution in [2.45, 2.75) is 78.4 Å². The number of pyridine rings is 1. The Hall–Kier alpha value is -2.77. The summed E-state index contributed by atoms with van der Waals surface area (Å²) in [5.41, 5.74) is 1.52. The third-order valence-corrected chi connectivity index (χ3v) is 8.40. The van der Waals surface area contributed by atoms with E-state index in [4.69, 9.17) is 28.2 Å². The van der Waals surface area contributed by atoms with Gasteiger partial charge in [0.25, 0.3) is 11.8 Å². The van der Waals surface area contributed by atoms with Gasteiger partial charge in [0, 0.05) is 34.8 Å². The normalized spacial score (nSPS) is 22.1. The van der Waals surface area contributed by atoms with Crippen LogP contribution in [0.25, 0.3) is 0 Å². The van der Waals surface area contributed by atoms with Crippen LogP contribution in [0.15, 0.2) is 41.5 Å². The molecule has 1 saturated carbocycles. The van der Waals surface area contributed by atoms with Gasteiger partial charge in [-0.2, -0.15) is 0 Å². The number of amides is 2. The largest absolute Gasteiger partial charge is 0.352 e. The van der Waals surface area contributed by atoms with Gasteiger partial charge in [0.05, 0.1) is 17.3 Å². The minimum Gasteiger partial charge on any atom is -0.352 e. The number of hydrogen-bond acceptors (Lipinski definition) is 5. The Kier molecular flexibility index (Phi) is 8.52. The van der Waals surface area contributed by atoms with Crippen molar-refractivity contribution in [2.75, 3.05) is 6.54 Å². The smallest absolute Gasteiger partial charge is 0.275 e. The standard InChI is InChI=1S/C30H36Cl2N4O3/c1-18(37)10-13-33-27(38)20-6-7-25(34-17-20)19(2)36-28(39)26(21-14-23(31)16-24(32)15-21)35-30(36)11-8-22(9-12-30)29(3,4)5/h6-7,14-17,19,22H,8-13H2,1-5H3,(H,33,38). The van der Waals surface area contributed by atoms with Crippen molar-refractivity contribution in [2.24, 2.45) is 16.3 Å². The van der Waals surface area contributed by atoms with Crippen LogP contribution in [0.3, 0.4) is 0 Å². The number of aromatic nitrogens is 1. The van der Waals surface area contributed by atoms with E-state index in [2.05, 4.69) is 31.1 Å². The average Bonchev–Trinajstić information content (AvgIpc) is 3.13. The number of Topliss-reactive ketones (excluding diaryl/α,β-unsaturated/α-hetero) is 1. The molecule has 9 heteroatoms. The van der Waals surface area contributed by atoms with Gasteiger partial charge in [-0.1, -0.05) is 44.0 Å². The van der Waals surface area contributed by atoms with E-state index in [0.29, 0.717) is 38.5 Å². The SMILES string of the molecule is CC(=O)CCNC(=O)c1ccc(C(C)N2C(=O)C(c3cc(Cl)cc(Cl)c3)=NC23CCC(C(C)(C)C)CC3)nc1. The van der Waals surface area contributed by atoms with Gasteiger partial charge in [-0.25, -0.2) is 0 Å². The Morgan fingerprint density at radius 3 is 2.31 bits per heavy atom. The molecule has 1 spiro atoms. The van der Waals surface area contributed by atoms with Gasteiger partial charge in [0.1, 0.15) is 17.2 Å². The third kappa shape index (κ3) is 6.36. The summed E-state index contributed by atoms with van der Waals surface area (Å²) in [5, 5.41) is 3.63. The molecule has 1 unspecified atom stereocenters. The summed E-state index contributed by atoms with van der Waals surface area (Å²) in [4.78, 5) is 49.2. The van der Waals surface area contributed by atoms with E-state index in [-0.39, 0.29) is 42.0 Å². The highest BCUT2D eigenvalue weighted by molar-refractivity contribution is 6.47. The molecule has 4 rings (SSSR count). The van der Waals surface area contributed by atoms with Gasteiger partial charge in [0.2, 0.25) is 0 Å². The van der Waals surface area contributed by atoms with Crippen LogP contribution in [0.1, 0.15) is 94.4 Å². The molecule has 208 valence electrons. The van der Waals surface area contributed by atoms with Gasteiger partial charge >= 0.3 is 0 Å². The summed E-state index contributed by atoms with van der Waals surface area (Å²) in [6.07, 6.45) is 5.21. The Morgan fingerprint density at radius 1 is 1.13 bits per heavy atom. The van der Waals surface area contributed by atoms with Gasteiger partial charge in [0.15, 0.2) is 0 Å². The molecule has 1 aromatic heterocycles. The minimum absolute atomic E-state index is 0.0139. The first kappa shape index (κ1) is 29.2. The topological polar surface area (TPSA) is 91.7 Å². The van der Waals surface area contributed by atoms with Crippen molar-refractivity contribution in [3.8, 4) is 0 Å². The number of ketones is 1. The third-order valence-electron chi connectivity index (χ3n) is 7.96.